The summed E-state index contributed by atoms with van der Waals surface area (Å²) in [6.07, 6.45) is 7.56. The van der Waals surface area contributed by atoms with Gasteiger partial charge in [-0.1, -0.05) is 23.8 Å². The molecule has 0 bridgehead atoms. The van der Waals surface area contributed by atoms with E-state index in [2.05, 4.69) is 33.8 Å². The minimum absolute atomic E-state index is 0.493. The molecule has 1 aromatic heterocycles. The molecule has 0 aromatic carbocycles. The lowest BCUT2D eigenvalue weighted by atomic mass is 10.2. The van der Waals surface area contributed by atoms with Crippen LogP contribution in [0.25, 0.3) is 0 Å². The van der Waals surface area contributed by atoms with Crippen LogP contribution in [-0.4, -0.2) is 25.6 Å². The molecule has 0 unspecified atom stereocenters. The predicted octanol–water partition coefficient (Wildman–Crippen LogP) is 2.83. The smallest absolute Gasteiger partial charge is 0.191 e. The van der Waals surface area contributed by atoms with Gasteiger partial charge in [-0.3, -0.25) is 4.99 Å². The Bertz CT molecular complexity index is 431. The van der Waals surface area contributed by atoms with E-state index >= 15 is 0 Å². The van der Waals surface area contributed by atoms with Gasteiger partial charge in [-0.2, -0.15) is 0 Å². The van der Waals surface area contributed by atoms with E-state index < -0.39 is 0 Å². The third kappa shape index (κ3) is 4.03. The molecule has 3 nitrogen and oxygen atoms in total. The number of hydrogen-bond donors (Lipinski definition) is 2. The third-order valence-electron chi connectivity index (χ3n) is 2.87. The maximum atomic E-state index is 5.90. The maximum absolute atomic E-state index is 5.90. The molecule has 0 saturated carbocycles. The van der Waals surface area contributed by atoms with Gasteiger partial charge in [0.2, 0.25) is 0 Å². The second-order valence-corrected chi connectivity index (χ2v) is 6.04. The lowest BCUT2D eigenvalue weighted by Gasteiger charge is -2.16. The summed E-state index contributed by atoms with van der Waals surface area (Å²) >= 11 is 7.53. The number of halogens is 1. The Morgan fingerprint density at radius 3 is 2.83 bits per heavy atom. The molecule has 0 aliphatic heterocycles. The van der Waals surface area contributed by atoms with E-state index in [0.717, 1.165) is 36.1 Å². The van der Waals surface area contributed by atoms with E-state index in [1.54, 1.807) is 18.4 Å². The van der Waals surface area contributed by atoms with Gasteiger partial charge in [0.1, 0.15) is 0 Å². The quantitative estimate of drug-likeness (QED) is 0.506. The van der Waals surface area contributed by atoms with E-state index in [4.69, 9.17) is 11.6 Å². The highest BCUT2D eigenvalue weighted by atomic mass is 35.5. The van der Waals surface area contributed by atoms with Crippen LogP contribution in [0.2, 0.25) is 4.34 Å². The maximum Gasteiger partial charge on any atom is 0.191 e. The van der Waals surface area contributed by atoms with Crippen molar-refractivity contribution in [3.63, 3.8) is 0 Å². The van der Waals surface area contributed by atoms with Crippen molar-refractivity contribution in [1.82, 2.24) is 10.6 Å². The predicted molar refractivity (Wildman–Crippen MR) is 79.7 cm³/mol. The first kappa shape index (κ1) is 13.4. The first-order chi connectivity index (χ1) is 8.78. The number of hydrogen-bond acceptors (Lipinski definition) is 2. The van der Waals surface area contributed by atoms with E-state index in [-0.39, 0.29) is 0 Å². The summed E-state index contributed by atoms with van der Waals surface area (Å²) in [5.74, 6) is 0.881. The van der Waals surface area contributed by atoms with Crippen molar-refractivity contribution in [1.29, 1.82) is 0 Å². The zero-order chi connectivity index (χ0) is 12.8. The van der Waals surface area contributed by atoms with Gasteiger partial charge >= 0.3 is 0 Å². The lowest BCUT2D eigenvalue weighted by molar-refractivity contribution is 0.633. The molecule has 0 atom stereocenters. The minimum atomic E-state index is 0.493. The topological polar surface area (TPSA) is 36.4 Å². The van der Waals surface area contributed by atoms with E-state index in [9.17, 15) is 0 Å². The van der Waals surface area contributed by atoms with Crippen molar-refractivity contribution in [3.8, 4) is 0 Å². The molecule has 0 amide bonds. The number of guanidine groups is 1. The largest absolute Gasteiger partial charge is 0.356 e. The molecule has 1 heterocycles. The highest BCUT2D eigenvalue weighted by Crippen LogP contribution is 2.21. The zero-order valence-corrected chi connectivity index (χ0v) is 12.0. The number of nitrogens with one attached hydrogen (secondary N) is 2. The van der Waals surface area contributed by atoms with Gasteiger partial charge in [0.15, 0.2) is 5.96 Å². The van der Waals surface area contributed by atoms with Crippen molar-refractivity contribution < 1.29 is 0 Å². The Morgan fingerprint density at radius 2 is 2.22 bits per heavy atom. The van der Waals surface area contributed by atoms with Crippen LogP contribution in [0.3, 0.4) is 0 Å². The fourth-order valence-corrected chi connectivity index (χ4v) is 3.00. The van der Waals surface area contributed by atoms with E-state index in [1.807, 2.05) is 6.07 Å². The Hall–Kier alpha value is -1.00. The van der Waals surface area contributed by atoms with Crippen LogP contribution in [-0.2, 0) is 6.42 Å². The number of thiophene rings is 1. The second kappa shape index (κ2) is 6.81. The van der Waals surface area contributed by atoms with Crippen LogP contribution in [0, 0.1) is 0 Å². The van der Waals surface area contributed by atoms with Crippen LogP contribution in [0.5, 0.6) is 0 Å². The van der Waals surface area contributed by atoms with Gasteiger partial charge in [-0.25, -0.2) is 0 Å². The standard InChI is InChI=1S/C13H18ClN3S/c1-15-13(17-10-4-2-3-5-10)16-9-8-11-6-7-12(14)18-11/h2-3,6-7,10H,4-5,8-9H2,1H3,(H2,15,16,17). The minimum Gasteiger partial charge on any atom is -0.356 e. The van der Waals surface area contributed by atoms with Crippen molar-refractivity contribution in [3.05, 3.63) is 33.5 Å². The Balaban J connectivity index is 1.70. The molecule has 0 radical (unpaired) electrons. The average molecular weight is 284 g/mol. The van der Waals surface area contributed by atoms with Gasteiger partial charge in [0, 0.05) is 24.5 Å². The summed E-state index contributed by atoms with van der Waals surface area (Å²) < 4.78 is 0.851. The molecule has 0 fully saturated rings. The molecule has 0 saturated heterocycles. The molecule has 1 aliphatic carbocycles. The molecule has 98 valence electrons. The normalized spacial score (nSPS) is 16.2. The summed E-state index contributed by atoms with van der Waals surface area (Å²) in [4.78, 5) is 5.53. The number of nitrogens with zero attached hydrogens (tertiary/aromatic N) is 1. The number of rotatable bonds is 4. The molecular formula is C13H18ClN3S. The summed E-state index contributed by atoms with van der Waals surface area (Å²) in [5, 5.41) is 6.74. The van der Waals surface area contributed by atoms with Crippen molar-refractivity contribution in [2.45, 2.75) is 25.3 Å². The lowest BCUT2D eigenvalue weighted by Crippen LogP contribution is -2.43. The zero-order valence-electron chi connectivity index (χ0n) is 10.4. The molecule has 5 heteroatoms. The summed E-state index contributed by atoms with van der Waals surface area (Å²) in [6.45, 7) is 0.872. The van der Waals surface area contributed by atoms with Crippen LogP contribution in [0.4, 0.5) is 0 Å². The number of aliphatic imine (C=N–C) groups is 1. The fraction of sp³-hybridized carbons (Fsp3) is 0.462. The van der Waals surface area contributed by atoms with Crippen molar-refractivity contribution >= 4 is 28.9 Å². The van der Waals surface area contributed by atoms with Crippen LogP contribution < -0.4 is 10.6 Å². The molecule has 0 spiro atoms. The summed E-state index contributed by atoms with van der Waals surface area (Å²) in [6, 6.07) is 4.51. The van der Waals surface area contributed by atoms with Crippen LogP contribution in [0.15, 0.2) is 29.3 Å². The SMILES string of the molecule is CN=C(NCCc1ccc(Cl)s1)NC1CC=CC1. The van der Waals surface area contributed by atoms with Crippen LogP contribution in [0.1, 0.15) is 17.7 Å². The first-order valence-electron chi connectivity index (χ1n) is 6.14. The Kier molecular flexibility index (Phi) is 5.08. The molecule has 2 N–H and O–H groups in total. The first-order valence-corrected chi connectivity index (χ1v) is 7.34. The van der Waals surface area contributed by atoms with E-state index in [0.29, 0.717) is 6.04 Å². The van der Waals surface area contributed by atoms with Crippen LogP contribution >= 0.6 is 22.9 Å². The molecular weight excluding hydrogens is 266 g/mol. The Morgan fingerprint density at radius 1 is 1.44 bits per heavy atom. The Labute approximate surface area is 117 Å². The summed E-state index contributed by atoms with van der Waals surface area (Å²) in [5.41, 5.74) is 0. The van der Waals surface area contributed by atoms with E-state index in [1.165, 1.54) is 4.88 Å². The van der Waals surface area contributed by atoms with Crippen molar-refractivity contribution in [2.75, 3.05) is 13.6 Å². The monoisotopic (exact) mass is 283 g/mol. The van der Waals surface area contributed by atoms with Gasteiger partial charge in [0.25, 0.3) is 0 Å². The highest BCUT2D eigenvalue weighted by Gasteiger charge is 2.11. The van der Waals surface area contributed by atoms with Gasteiger partial charge in [0.05, 0.1) is 4.34 Å². The summed E-state index contributed by atoms with van der Waals surface area (Å²) in [7, 11) is 1.81. The molecule has 18 heavy (non-hydrogen) atoms. The average Bonchev–Trinajstić information content (AvgIpc) is 3.00. The molecule has 1 aromatic rings. The van der Waals surface area contributed by atoms with Gasteiger partial charge in [-0.15, -0.1) is 11.3 Å². The molecule has 2 rings (SSSR count). The molecule has 1 aliphatic rings. The highest BCUT2D eigenvalue weighted by molar-refractivity contribution is 7.16. The fourth-order valence-electron chi connectivity index (χ4n) is 1.91. The van der Waals surface area contributed by atoms with Gasteiger partial charge < -0.3 is 10.6 Å². The third-order valence-corrected chi connectivity index (χ3v) is 4.16. The van der Waals surface area contributed by atoms with Gasteiger partial charge in [-0.05, 0) is 31.4 Å². The second-order valence-electron chi connectivity index (χ2n) is 4.24. The van der Waals surface area contributed by atoms with Crippen molar-refractivity contribution in [2.24, 2.45) is 4.99 Å².